The molecule has 0 spiro atoms. The molecule has 0 atom stereocenters. The van der Waals surface area contributed by atoms with Crippen molar-refractivity contribution < 1.29 is 4.74 Å². The van der Waals surface area contributed by atoms with Crippen molar-refractivity contribution in [3.8, 4) is 0 Å². The molecule has 2 aromatic rings. The Kier molecular flexibility index (Phi) is 2.40. The van der Waals surface area contributed by atoms with E-state index in [1.165, 1.54) is 0 Å². The Morgan fingerprint density at radius 1 is 1.29 bits per heavy atom. The number of aryl methyl sites for hydroxylation is 1. The van der Waals surface area contributed by atoms with Gasteiger partial charge >= 0.3 is 0 Å². The molecule has 0 saturated carbocycles. The normalized spacial score (nSPS) is 16.6. The van der Waals surface area contributed by atoms with E-state index >= 15 is 0 Å². The summed E-state index contributed by atoms with van der Waals surface area (Å²) in [6, 6.07) is 5.93. The lowest BCUT2D eigenvalue weighted by Crippen LogP contribution is -2.36. The minimum Gasteiger partial charge on any atom is -0.399 e. The molecule has 1 fully saturated rings. The maximum absolute atomic E-state index is 5.81. The van der Waals surface area contributed by atoms with Crippen molar-refractivity contribution in [3.63, 3.8) is 0 Å². The SMILES string of the molecule is Cn1nc(N2CCOCC2)c2ccc(N)cc21. The van der Waals surface area contributed by atoms with Gasteiger partial charge in [0, 0.05) is 31.2 Å². The molecular formula is C12H16N4O. The molecule has 1 aromatic carbocycles. The number of hydrogen-bond acceptors (Lipinski definition) is 4. The van der Waals surface area contributed by atoms with Crippen LogP contribution < -0.4 is 10.6 Å². The van der Waals surface area contributed by atoms with Crippen molar-refractivity contribution in [1.29, 1.82) is 0 Å². The Bertz CT molecular complexity index is 543. The highest BCUT2D eigenvalue weighted by atomic mass is 16.5. The van der Waals surface area contributed by atoms with Crippen LogP contribution in [0.15, 0.2) is 18.2 Å². The Morgan fingerprint density at radius 3 is 2.82 bits per heavy atom. The predicted molar refractivity (Wildman–Crippen MR) is 68.2 cm³/mol. The second-order valence-electron chi connectivity index (χ2n) is 4.32. The third-order valence-electron chi connectivity index (χ3n) is 3.17. The average molecular weight is 232 g/mol. The number of nitrogen functional groups attached to an aromatic ring is 1. The fourth-order valence-electron chi connectivity index (χ4n) is 2.26. The number of aromatic nitrogens is 2. The summed E-state index contributed by atoms with van der Waals surface area (Å²) in [6.45, 7) is 3.34. The molecule has 5 nitrogen and oxygen atoms in total. The number of nitrogens with two attached hydrogens (primary N) is 1. The molecule has 1 aromatic heterocycles. The van der Waals surface area contributed by atoms with Gasteiger partial charge in [0.1, 0.15) is 0 Å². The Hall–Kier alpha value is -1.75. The molecule has 3 rings (SSSR count). The summed E-state index contributed by atoms with van der Waals surface area (Å²) in [5.41, 5.74) is 7.65. The summed E-state index contributed by atoms with van der Waals surface area (Å²) in [4.78, 5) is 2.27. The first-order chi connectivity index (χ1) is 8.25. The number of ether oxygens (including phenoxy) is 1. The molecule has 2 heterocycles. The van der Waals surface area contributed by atoms with Gasteiger partial charge in [0.05, 0.1) is 18.7 Å². The summed E-state index contributed by atoms with van der Waals surface area (Å²) in [6.07, 6.45) is 0. The smallest absolute Gasteiger partial charge is 0.158 e. The summed E-state index contributed by atoms with van der Waals surface area (Å²) >= 11 is 0. The standard InChI is InChI=1S/C12H16N4O/c1-15-11-8-9(13)2-3-10(11)12(14-15)16-4-6-17-7-5-16/h2-3,8H,4-7,13H2,1H3. The van der Waals surface area contributed by atoms with E-state index in [-0.39, 0.29) is 0 Å². The van der Waals surface area contributed by atoms with Crippen molar-refractivity contribution in [1.82, 2.24) is 9.78 Å². The molecule has 1 aliphatic rings. The summed E-state index contributed by atoms with van der Waals surface area (Å²) in [7, 11) is 1.95. The Morgan fingerprint density at radius 2 is 2.06 bits per heavy atom. The maximum atomic E-state index is 5.81. The van der Waals surface area contributed by atoms with Crippen molar-refractivity contribution in [2.24, 2.45) is 7.05 Å². The number of nitrogens with zero attached hydrogens (tertiary/aromatic N) is 3. The zero-order valence-electron chi connectivity index (χ0n) is 9.89. The molecule has 2 N–H and O–H groups in total. The van der Waals surface area contributed by atoms with E-state index in [0.717, 1.165) is 48.7 Å². The zero-order chi connectivity index (χ0) is 11.8. The molecular weight excluding hydrogens is 216 g/mol. The fourth-order valence-corrected chi connectivity index (χ4v) is 2.26. The zero-order valence-corrected chi connectivity index (χ0v) is 9.89. The quantitative estimate of drug-likeness (QED) is 0.745. The van der Waals surface area contributed by atoms with Crippen LogP contribution >= 0.6 is 0 Å². The van der Waals surface area contributed by atoms with Crippen LogP contribution in [0, 0.1) is 0 Å². The first kappa shape index (κ1) is 10.4. The van der Waals surface area contributed by atoms with Crippen LogP contribution in [-0.2, 0) is 11.8 Å². The highest BCUT2D eigenvalue weighted by Gasteiger charge is 2.17. The van der Waals surface area contributed by atoms with E-state index < -0.39 is 0 Å². The van der Waals surface area contributed by atoms with E-state index in [1.807, 2.05) is 29.9 Å². The van der Waals surface area contributed by atoms with Crippen molar-refractivity contribution in [2.75, 3.05) is 36.9 Å². The van der Waals surface area contributed by atoms with E-state index in [0.29, 0.717) is 0 Å². The summed E-state index contributed by atoms with van der Waals surface area (Å²) < 4.78 is 7.25. The van der Waals surface area contributed by atoms with Crippen LogP contribution in [0.1, 0.15) is 0 Å². The van der Waals surface area contributed by atoms with E-state index in [4.69, 9.17) is 10.5 Å². The number of morpholine rings is 1. The maximum Gasteiger partial charge on any atom is 0.158 e. The van der Waals surface area contributed by atoms with Gasteiger partial charge in [-0.25, -0.2) is 0 Å². The van der Waals surface area contributed by atoms with Crippen LogP contribution in [0.5, 0.6) is 0 Å². The van der Waals surface area contributed by atoms with Gasteiger partial charge in [0.2, 0.25) is 0 Å². The molecule has 0 aliphatic carbocycles. The Balaban J connectivity index is 2.10. The minimum absolute atomic E-state index is 0.771. The first-order valence-corrected chi connectivity index (χ1v) is 5.80. The van der Waals surface area contributed by atoms with Gasteiger partial charge in [-0.15, -0.1) is 0 Å². The highest BCUT2D eigenvalue weighted by molar-refractivity contribution is 5.92. The van der Waals surface area contributed by atoms with Gasteiger partial charge in [0.25, 0.3) is 0 Å². The van der Waals surface area contributed by atoms with Gasteiger partial charge in [0.15, 0.2) is 5.82 Å². The summed E-state index contributed by atoms with van der Waals surface area (Å²) in [5.74, 6) is 1.03. The molecule has 0 radical (unpaired) electrons. The second-order valence-corrected chi connectivity index (χ2v) is 4.32. The van der Waals surface area contributed by atoms with Crippen LogP contribution in [0.3, 0.4) is 0 Å². The monoisotopic (exact) mass is 232 g/mol. The topological polar surface area (TPSA) is 56.3 Å². The second kappa shape index (κ2) is 3.92. The molecule has 90 valence electrons. The fraction of sp³-hybridized carbons (Fsp3) is 0.417. The Labute approximate surface area is 99.8 Å². The molecule has 0 bridgehead atoms. The first-order valence-electron chi connectivity index (χ1n) is 5.80. The third kappa shape index (κ3) is 1.72. The largest absolute Gasteiger partial charge is 0.399 e. The number of benzene rings is 1. The molecule has 0 unspecified atom stereocenters. The lowest BCUT2D eigenvalue weighted by Gasteiger charge is -2.26. The number of rotatable bonds is 1. The van der Waals surface area contributed by atoms with Gasteiger partial charge < -0.3 is 15.4 Å². The third-order valence-corrected chi connectivity index (χ3v) is 3.17. The van der Waals surface area contributed by atoms with Crippen LogP contribution in [0.4, 0.5) is 11.5 Å². The molecule has 5 heteroatoms. The van der Waals surface area contributed by atoms with Gasteiger partial charge in [-0.2, -0.15) is 5.10 Å². The average Bonchev–Trinajstić information content (AvgIpc) is 2.68. The lowest BCUT2D eigenvalue weighted by atomic mass is 10.2. The van der Waals surface area contributed by atoms with E-state index in [2.05, 4.69) is 10.00 Å². The summed E-state index contributed by atoms with van der Waals surface area (Å²) in [5, 5.41) is 5.74. The number of anilines is 2. The number of fused-ring (bicyclic) bond motifs is 1. The van der Waals surface area contributed by atoms with Crippen molar-refractivity contribution >= 4 is 22.4 Å². The predicted octanol–water partition coefficient (Wildman–Crippen LogP) is 0.992. The van der Waals surface area contributed by atoms with E-state index in [1.54, 1.807) is 0 Å². The van der Waals surface area contributed by atoms with Crippen LogP contribution in [-0.4, -0.2) is 36.1 Å². The molecule has 1 saturated heterocycles. The van der Waals surface area contributed by atoms with E-state index in [9.17, 15) is 0 Å². The van der Waals surface area contributed by atoms with Crippen LogP contribution in [0.25, 0.3) is 10.9 Å². The lowest BCUT2D eigenvalue weighted by molar-refractivity contribution is 0.122. The number of hydrogen-bond donors (Lipinski definition) is 1. The molecule has 0 amide bonds. The van der Waals surface area contributed by atoms with Gasteiger partial charge in [-0.3, -0.25) is 4.68 Å². The molecule has 1 aliphatic heterocycles. The molecule has 17 heavy (non-hydrogen) atoms. The highest BCUT2D eigenvalue weighted by Crippen LogP contribution is 2.27. The van der Waals surface area contributed by atoms with Crippen LogP contribution in [0.2, 0.25) is 0 Å². The van der Waals surface area contributed by atoms with Crippen molar-refractivity contribution in [2.45, 2.75) is 0 Å². The van der Waals surface area contributed by atoms with Gasteiger partial charge in [-0.1, -0.05) is 0 Å². The van der Waals surface area contributed by atoms with Gasteiger partial charge in [-0.05, 0) is 18.2 Å². The van der Waals surface area contributed by atoms with Crippen molar-refractivity contribution in [3.05, 3.63) is 18.2 Å². The minimum atomic E-state index is 0.771.